The van der Waals surface area contributed by atoms with E-state index in [2.05, 4.69) is 14.7 Å². The Bertz CT molecular complexity index is 842. The average Bonchev–Trinajstić information content (AvgIpc) is 2.56. The first-order valence-electron chi connectivity index (χ1n) is 7.36. The van der Waals surface area contributed by atoms with Crippen LogP contribution in [0.25, 0.3) is 11.0 Å². The minimum Gasteiger partial charge on any atom is -0.465 e. The summed E-state index contributed by atoms with van der Waals surface area (Å²) < 4.78 is 9.44. The maximum atomic E-state index is 12.3. The second-order valence-corrected chi connectivity index (χ2v) is 4.74. The number of aromatic amines is 1. The fraction of sp³-hybridized carbons (Fsp3) is 0.312. The van der Waals surface area contributed by atoms with E-state index in [1.807, 2.05) is 0 Å². The summed E-state index contributed by atoms with van der Waals surface area (Å²) in [6.45, 7) is 3.01. The van der Waals surface area contributed by atoms with Gasteiger partial charge in [0, 0.05) is 0 Å². The number of esters is 2. The molecule has 8 heteroatoms. The van der Waals surface area contributed by atoms with Crippen LogP contribution in [0.3, 0.4) is 0 Å². The molecular formula is C16H16N2O6. The molecule has 0 aliphatic heterocycles. The predicted molar refractivity (Wildman–Crippen MR) is 83.4 cm³/mol. The lowest BCUT2D eigenvalue weighted by Gasteiger charge is -2.13. The molecule has 1 aromatic heterocycles. The summed E-state index contributed by atoms with van der Waals surface area (Å²) in [7, 11) is 0. The van der Waals surface area contributed by atoms with Gasteiger partial charge in [0.1, 0.15) is 5.69 Å². The van der Waals surface area contributed by atoms with Crippen LogP contribution >= 0.6 is 0 Å². The summed E-state index contributed by atoms with van der Waals surface area (Å²) in [5, 5.41) is 0. The number of carbonyl (C=O) groups is 3. The molecule has 0 spiro atoms. The molecule has 1 atom stereocenters. The quantitative estimate of drug-likeness (QED) is 0.470. The van der Waals surface area contributed by atoms with Gasteiger partial charge in [0.15, 0.2) is 5.92 Å². The molecule has 0 amide bonds. The highest BCUT2D eigenvalue weighted by molar-refractivity contribution is 6.39. The molecule has 0 fully saturated rings. The SMILES string of the molecule is CCOC(=O)C(=O)C(C(=O)OCC)c1nc2ccccc2[nH]c1=O. The van der Waals surface area contributed by atoms with Crippen LogP contribution in [0.15, 0.2) is 29.1 Å². The van der Waals surface area contributed by atoms with Gasteiger partial charge in [0.25, 0.3) is 11.3 Å². The van der Waals surface area contributed by atoms with E-state index in [9.17, 15) is 19.2 Å². The number of hydrogen-bond acceptors (Lipinski definition) is 7. The summed E-state index contributed by atoms with van der Waals surface area (Å²) in [5.41, 5.74) is -0.329. The van der Waals surface area contributed by atoms with Crippen molar-refractivity contribution in [1.29, 1.82) is 0 Å². The molecule has 0 aliphatic carbocycles. The van der Waals surface area contributed by atoms with E-state index in [0.717, 1.165) is 0 Å². The van der Waals surface area contributed by atoms with Gasteiger partial charge in [-0.2, -0.15) is 0 Å². The Morgan fingerprint density at radius 1 is 1.12 bits per heavy atom. The number of carbonyl (C=O) groups excluding carboxylic acids is 3. The minimum absolute atomic E-state index is 0.0169. The van der Waals surface area contributed by atoms with Crippen LogP contribution in [-0.4, -0.2) is 40.9 Å². The summed E-state index contributed by atoms with van der Waals surface area (Å²) in [6, 6.07) is 6.61. The van der Waals surface area contributed by atoms with Crippen LogP contribution in [0, 0.1) is 0 Å². The van der Waals surface area contributed by atoms with Gasteiger partial charge >= 0.3 is 11.9 Å². The molecule has 1 unspecified atom stereocenters. The smallest absolute Gasteiger partial charge is 0.375 e. The van der Waals surface area contributed by atoms with Crippen LogP contribution < -0.4 is 5.56 Å². The zero-order valence-corrected chi connectivity index (χ0v) is 13.2. The molecule has 126 valence electrons. The number of para-hydroxylation sites is 2. The number of H-pyrrole nitrogens is 1. The first-order chi connectivity index (χ1) is 11.5. The fourth-order valence-electron chi connectivity index (χ4n) is 2.13. The molecule has 0 aliphatic rings. The number of fused-ring (bicyclic) bond motifs is 1. The van der Waals surface area contributed by atoms with E-state index < -0.39 is 34.9 Å². The van der Waals surface area contributed by atoms with Gasteiger partial charge in [0.2, 0.25) is 0 Å². The topological polar surface area (TPSA) is 115 Å². The molecule has 0 radical (unpaired) electrons. The van der Waals surface area contributed by atoms with E-state index >= 15 is 0 Å². The van der Waals surface area contributed by atoms with Gasteiger partial charge in [0.05, 0.1) is 24.2 Å². The zero-order valence-electron chi connectivity index (χ0n) is 13.2. The van der Waals surface area contributed by atoms with Gasteiger partial charge in [-0.1, -0.05) is 12.1 Å². The molecule has 2 aromatic rings. The first kappa shape index (κ1) is 17.3. The van der Waals surface area contributed by atoms with Crippen LogP contribution in [0.2, 0.25) is 0 Å². The number of ether oxygens (including phenoxy) is 2. The van der Waals surface area contributed by atoms with Crippen molar-refractivity contribution in [3.05, 3.63) is 40.3 Å². The van der Waals surface area contributed by atoms with E-state index in [-0.39, 0.29) is 13.2 Å². The van der Waals surface area contributed by atoms with Gasteiger partial charge in [-0.15, -0.1) is 0 Å². The number of aromatic nitrogens is 2. The van der Waals surface area contributed by atoms with Crippen molar-refractivity contribution in [2.75, 3.05) is 13.2 Å². The van der Waals surface area contributed by atoms with Crippen molar-refractivity contribution >= 4 is 28.8 Å². The second-order valence-electron chi connectivity index (χ2n) is 4.74. The Kier molecular flexibility index (Phi) is 5.41. The van der Waals surface area contributed by atoms with Crippen LogP contribution in [0.4, 0.5) is 0 Å². The molecular weight excluding hydrogens is 316 g/mol. The Hall–Kier alpha value is -3.03. The largest absolute Gasteiger partial charge is 0.465 e. The summed E-state index contributed by atoms with van der Waals surface area (Å²) in [5.74, 6) is -5.20. The molecule has 0 saturated carbocycles. The number of benzene rings is 1. The number of ketones is 1. The third-order valence-electron chi connectivity index (χ3n) is 3.16. The molecule has 0 saturated heterocycles. The average molecular weight is 332 g/mol. The Balaban J connectivity index is 2.56. The van der Waals surface area contributed by atoms with Gasteiger partial charge < -0.3 is 14.5 Å². The number of rotatable bonds is 6. The van der Waals surface area contributed by atoms with Gasteiger partial charge in [-0.25, -0.2) is 9.78 Å². The molecule has 24 heavy (non-hydrogen) atoms. The van der Waals surface area contributed by atoms with Crippen molar-refractivity contribution in [2.45, 2.75) is 19.8 Å². The second kappa shape index (κ2) is 7.49. The van der Waals surface area contributed by atoms with Crippen molar-refractivity contribution in [3.8, 4) is 0 Å². The maximum Gasteiger partial charge on any atom is 0.375 e. The van der Waals surface area contributed by atoms with E-state index in [1.54, 1.807) is 31.2 Å². The highest BCUT2D eigenvalue weighted by Gasteiger charge is 2.38. The van der Waals surface area contributed by atoms with E-state index in [4.69, 9.17) is 4.74 Å². The van der Waals surface area contributed by atoms with Crippen molar-refractivity contribution < 1.29 is 23.9 Å². The summed E-state index contributed by atoms with van der Waals surface area (Å²) >= 11 is 0. The normalized spacial score (nSPS) is 11.8. The molecule has 1 heterocycles. The number of nitrogens with zero attached hydrogens (tertiary/aromatic N) is 1. The van der Waals surface area contributed by atoms with Crippen molar-refractivity contribution in [1.82, 2.24) is 9.97 Å². The van der Waals surface area contributed by atoms with Crippen LogP contribution in [0.5, 0.6) is 0 Å². The summed E-state index contributed by atoms with van der Waals surface area (Å²) in [6.07, 6.45) is 0. The fourth-order valence-corrected chi connectivity index (χ4v) is 2.13. The third kappa shape index (κ3) is 3.48. The zero-order chi connectivity index (χ0) is 17.7. The lowest BCUT2D eigenvalue weighted by molar-refractivity contribution is -0.159. The van der Waals surface area contributed by atoms with Gasteiger partial charge in [-0.3, -0.25) is 14.4 Å². The Morgan fingerprint density at radius 3 is 2.46 bits per heavy atom. The molecule has 0 bridgehead atoms. The number of nitrogens with one attached hydrogen (secondary N) is 1. The molecule has 8 nitrogen and oxygen atoms in total. The Morgan fingerprint density at radius 2 is 1.79 bits per heavy atom. The standard InChI is InChI=1S/C16H16N2O6/c1-3-23-15(21)11(13(19)16(22)24-4-2)12-14(20)18-10-8-6-5-7-9(10)17-12/h5-8,11H,3-4H2,1-2H3,(H,18,20). The minimum atomic E-state index is -1.77. The molecule has 1 N–H and O–H groups in total. The number of hydrogen-bond donors (Lipinski definition) is 1. The number of Topliss-reactive ketones (excluding diaryl/α,β-unsaturated/α-hetero) is 1. The Labute approximate surface area is 136 Å². The summed E-state index contributed by atoms with van der Waals surface area (Å²) in [4.78, 5) is 55.0. The highest BCUT2D eigenvalue weighted by atomic mass is 16.5. The first-order valence-corrected chi connectivity index (χ1v) is 7.36. The predicted octanol–water partition coefficient (Wildman–Crippen LogP) is 0.702. The van der Waals surface area contributed by atoms with E-state index in [1.165, 1.54) is 6.92 Å². The van der Waals surface area contributed by atoms with Crippen LogP contribution in [0.1, 0.15) is 25.5 Å². The monoisotopic (exact) mass is 332 g/mol. The highest BCUT2D eigenvalue weighted by Crippen LogP contribution is 2.17. The van der Waals surface area contributed by atoms with Crippen molar-refractivity contribution in [3.63, 3.8) is 0 Å². The maximum absolute atomic E-state index is 12.3. The van der Waals surface area contributed by atoms with Gasteiger partial charge in [-0.05, 0) is 26.0 Å². The lowest BCUT2D eigenvalue weighted by Crippen LogP contribution is -2.35. The van der Waals surface area contributed by atoms with E-state index in [0.29, 0.717) is 11.0 Å². The third-order valence-corrected chi connectivity index (χ3v) is 3.16. The lowest BCUT2D eigenvalue weighted by atomic mass is 10.00. The molecule has 2 rings (SSSR count). The van der Waals surface area contributed by atoms with Crippen molar-refractivity contribution in [2.24, 2.45) is 0 Å². The van der Waals surface area contributed by atoms with Crippen LogP contribution in [-0.2, 0) is 23.9 Å². The molecule has 1 aromatic carbocycles.